The highest BCUT2D eigenvalue weighted by atomic mass is 15.2. The molecule has 1 unspecified atom stereocenters. The molecule has 3 N–H and O–H groups in total. The molecule has 98 valence electrons. The first-order chi connectivity index (χ1) is 8.83. The Bertz CT molecular complexity index is 368. The molecular weight excluding hydrogens is 220 g/mol. The van der Waals surface area contributed by atoms with Crippen molar-refractivity contribution < 1.29 is 0 Å². The van der Waals surface area contributed by atoms with Crippen molar-refractivity contribution in [3.8, 4) is 0 Å². The molecule has 0 heterocycles. The van der Waals surface area contributed by atoms with Gasteiger partial charge in [0.05, 0.1) is 0 Å². The molecule has 0 aliphatic heterocycles. The van der Waals surface area contributed by atoms with Gasteiger partial charge in [0.25, 0.3) is 0 Å². The molecule has 1 aliphatic carbocycles. The van der Waals surface area contributed by atoms with Gasteiger partial charge in [-0.15, -0.1) is 6.58 Å². The van der Waals surface area contributed by atoms with Gasteiger partial charge in [0.1, 0.15) is 0 Å². The van der Waals surface area contributed by atoms with E-state index >= 15 is 0 Å². The smallest absolute Gasteiger partial charge is 0.0307 e. The van der Waals surface area contributed by atoms with Gasteiger partial charge in [-0.2, -0.15) is 0 Å². The van der Waals surface area contributed by atoms with Crippen LogP contribution in [0.2, 0.25) is 0 Å². The number of nitrogens with two attached hydrogens (primary N) is 1. The Morgan fingerprint density at radius 3 is 2.56 bits per heavy atom. The van der Waals surface area contributed by atoms with Crippen molar-refractivity contribution in [2.75, 3.05) is 0 Å². The standard InChI is InChI=1S/C16H24N2/c1-2-3-5-11-15(18-17)16(12-8-13-16)14-9-6-4-7-10-14/h2,4,6-7,9-10,15,18H,1,3,5,8,11-13,17H2. The molecule has 1 aliphatic rings. The van der Waals surface area contributed by atoms with E-state index in [1.54, 1.807) is 0 Å². The van der Waals surface area contributed by atoms with Gasteiger partial charge in [-0.3, -0.25) is 11.3 Å². The van der Waals surface area contributed by atoms with Gasteiger partial charge in [0.2, 0.25) is 0 Å². The Morgan fingerprint density at radius 1 is 1.33 bits per heavy atom. The molecule has 2 nitrogen and oxygen atoms in total. The first-order valence-corrected chi connectivity index (χ1v) is 6.96. The van der Waals surface area contributed by atoms with Crippen molar-refractivity contribution in [2.24, 2.45) is 5.84 Å². The number of allylic oxidation sites excluding steroid dienone is 1. The predicted molar refractivity (Wildman–Crippen MR) is 77.1 cm³/mol. The third-order valence-corrected chi connectivity index (χ3v) is 4.36. The summed E-state index contributed by atoms with van der Waals surface area (Å²) >= 11 is 0. The fraction of sp³-hybridized carbons (Fsp3) is 0.500. The van der Waals surface area contributed by atoms with Gasteiger partial charge in [-0.25, -0.2) is 0 Å². The summed E-state index contributed by atoms with van der Waals surface area (Å²) in [5.74, 6) is 5.81. The molecule has 18 heavy (non-hydrogen) atoms. The van der Waals surface area contributed by atoms with E-state index in [2.05, 4.69) is 42.3 Å². The highest BCUT2D eigenvalue weighted by molar-refractivity contribution is 5.30. The van der Waals surface area contributed by atoms with Crippen molar-refractivity contribution in [2.45, 2.75) is 50.0 Å². The molecule has 1 aromatic carbocycles. The van der Waals surface area contributed by atoms with Crippen LogP contribution in [0.1, 0.15) is 44.1 Å². The van der Waals surface area contributed by atoms with E-state index in [1.807, 2.05) is 6.08 Å². The normalized spacial score (nSPS) is 18.9. The second kappa shape index (κ2) is 6.17. The Labute approximate surface area is 110 Å². The minimum atomic E-state index is 0.261. The van der Waals surface area contributed by atoms with E-state index in [9.17, 15) is 0 Å². The lowest BCUT2D eigenvalue weighted by Crippen LogP contribution is -2.54. The third kappa shape index (κ3) is 2.50. The van der Waals surface area contributed by atoms with Crippen LogP contribution in [0.15, 0.2) is 43.0 Å². The molecule has 0 spiro atoms. The van der Waals surface area contributed by atoms with Crippen LogP contribution in [0, 0.1) is 0 Å². The SMILES string of the molecule is C=CCCCC(NN)C1(c2ccccc2)CCC1. The van der Waals surface area contributed by atoms with Gasteiger partial charge in [0, 0.05) is 11.5 Å². The minimum Gasteiger partial charge on any atom is -0.271 e. The lowest BCUT2D eigenvalue weighted by atomic mass is 9.59. The lowest BCUT2D eigenvalue weighted by Gasteiger charge is -2.48. The maximum absolute atomic E-state index is 5.81. The third-order valence-electron chi connectivity index (χ3n) is 4.36. The molecule has 2 heteroatoms. The van der Waals surface area contributed by atoms with Gasteiger partial charge >= 0.3 is 0 Å². The second-order valence-electron chi connectivity index (χ2n) is 5.31. The lowest BCUT2D eigenvalue weighted by molar-refractivity contribution is 0.160. The summed E-state index contributed by atoms with van der Waals surface area (Å²) in [5, 5.41) is 0. The Morgan fingerprint density at radius 2 is 2.06 bits per heavy atom. The van der Waals surface area contributed by atoms with E-state index in [0.717, 1.165) is 19.3 Å². The van der Waals surface area contributed by atoms with Crippen LogP contribution in [0.3, 0.4) is 0 Å². The molecule has 0 radical (unpaired) electrons. The van der Waals surface area contributed by atoms with E-state index in [1.165, 1.54) is 24.8 Å². The quantitative estimate of drug-likeness (QED) is 0.334. The molecule has 2 rings (SSSR count). The van der Waals surface area contributed by atoms with Crippen molar-refractivity contribution in [1.29, 1.82) is 0 Å². The summed E-state index contributed by atoms with van der Waals surface area (Å²) < 4.78 is 0. The van der Waals surface area contributed by atoms with E-state index < -0.39 is 0 Å². The number of hydrogen-bond acceptors (Lipinski definition) is 2. The molecule has 1 saturated carbocycles. The van der Waals surface area contributed by atoms with Gasteiger partial charge in [0.15, 0.2) is 0 Å². The van der Waals surface area contributed by atoms with Gasteiger partial charge in [-0.1, -0.05) is 42.8 Å². The van der Waals surface area contributed by atoms with Crippen molar-refractivity contribution in [3.05, 3.63) is 48.6 Å². The van der Waals surface area contributed by atoms with Gasteiger partial charge < -0.3 is 0 Å². The summed E-state index contributed by atoms with van der Waals surface area (Å²) in [5.41, 5.74) is 4.77. The molecule has 1 atom stereocenters. The van der Waals surface area contributed by atoms with E-state index in [0.29, 0.717) is 6.04 Å². The maximum atomic E-state index is 5.81. The van der Waals surface area contributed by atoms with E-state index in [4.69, 9.17) is 5.84 Å². The number of nitrogens with one attached hydrogen (secondary N) is 1. The minimum absolute atomic E-state index is 0.261. The average molecular weight is 244 g/mol. The first-order valence-electron chi connectivity index (χ1n) is 6.96. The maximum Gasteiger partial charge on any atom is 0.0307 e. The average Bonchev–Trinajstić information content (AvgIpc) is 2.37. The number of rotatable bonds is 7. The van der Waals surface area contributed by atoms with Crippen molar-refractivity contribution in [3.63, 3.8) is 0 Å². The number of hydrazine groups is 1. The topological polar surface area (TPSA) is 38.0 Å². The van der Waals surface area contributed by atoms with Crippen LogP contribution >= 0.6 is 0 Å². The van der Waals surface area contributed by atoms with Gasteiger partial charge in [-0.05, 0) is 37.7 Å². The van der Waals surface area contributed by atoms with Crippen molar-refractivity contribution in [1.82, 2.24) is 5.43 Å². The highest BCUT2D eigenvalue weighted by Crippen LogP contribution is 2.47. The zero-order chi connectivity index (χ0) is 12.8. The molecule has 0 bridgehead atoms. The Balaban J connectivity index is 2.12. The first kappa shape index (κ1) is 13.3. The Kier molecular flexibility index (Phi) is 4.56. The molecule has 0 saturated heterocycles. The largest absolute Gasteiger partial charge is 0.271 e. The zero-order valence-electron chi connectivity index (χ0n) is 11.1. The van der Waals surface area contributed by atoms with E-state index in [-0.39, 0.29) is 5.41 Å². The monoisotopic (exact) mass is 244 g/mol. The summed E-state index contributed by atoms with van der Waals surface area (Å²) in [6.07, 6.45) is 9.16. The number of hydrogen-bond donors (Lipinski definition) is 2. The zero-order valence-corrected chi connectivity index (χ0v) is 11.1. The summed E-state index contributed by atoms with van der Waals surface area (Å²) in [6, 6.07) is 11.2. The molecule has 0 aromatic heterocycles. The second-order valence-corrected chi connectivity index (χ2v) is 5.31. The summed E-state index contributed by atoms with van der Waals surface area (Å²) in [6.45, 7) is 3.79. The van der Waals surface area contributed by atoms with Crippen LogP contribution in [0.25, 0.3) is 0 Å². The fourth-order valence-electron chi connectivity index (χ4n) is 3.15. The van der Waals surface area contributed by atoms with Crippen LogP contribution in [0.5, 0.6) is 0 Å². The van der Waals surface area contributed by atoms with Crippen LogP contribution in [0.4, 0.5) is 0 Å². The van der Waals surface area contributed by atoms with Crippen LogP contribution in [-0.2, 0) is 5.41 Å². The Hall–Kier alpha value is -1.12. The number of unbranched alkanes of at least 4 members (excludes halogenated alkanes) is 1. The van der Waals surface area contributed by atoms with Crippen LogP contribution in [-0.4, -0.2) is 6.04 Å². The highest BCUT2D eigenvalue weighted by Gasteiger charge is 2.44. The molecule has 1 aromatic rings. The summed E-state index contributed by atoms with van der Waals surface area (Å²) in [7, 11) is 0. The molecular formula is C16H24N2. The van der Waals surface area contributed by atoms with Crippen molar-refractivity contribution >= 4 is 0 Å². The molecule has 1 fully saturated rings. The predicted octanol–water partition coefficient (Wildman–Crippen LogP) is 3.30. The number of benzene rings is 1. The van der Waals surface area contributed by atoms with Crippen LogP contribution < -0.4 is 11.3 Å². The summed E-state index contributed by atoms with van der Waals surface area (Å²) in [4.78, 5) is 0. The molecule has 0 amide bonds. The fourth-order valence-corrected chi connectivity index (χ4v) is 3.15.